The fourth-order valence-electron chi connectivity index (χ4n) is 3.50. The van der Waals surface area contributed by atoms with Gasteiger partial charge in [-0.2, -0.15) is 0 Å². The van der Waals surface area contributed by atoms with Crippen molar-refractivity contribution in [2.75, 3.05) is 18.9 Å². The number of hydrogen-bond donors (Lipinski definition) is 1. The van der Waals surface area contributed by atoms with E-state index in [0.29, 0.717) is 23.0 Å². The van der Waals surface area contributed by atoms with Crippen molar-refractivity contribution in [1.29, 1.82) is 0 Å². The highest BCUT2D eigenvalue weighted by molar-refractivity contribution is 8.00. The Bertz CT molecular complexity index is 296. The third-order valence-corrected chi connectivity index (χ3v) is 5.81. The van der Waals surface area contributed by atoms with Crippen LogP contribution in [0.15, 0.2) is 0 Å². The molecule has 1 saturated carbocycles. The lowest BCUT2D eigenvalue weighted by molar-refractivity contribution is -0.134. The van der Waals surface area contributed by atoms with Gasteiger partial charge in [0.05, 0.1) is 5.75 Å². The van der Waals surface area contributed by atoms with E-state index >= 15 is 0 Å². The summed E-state index contributed by atoms with van der Waals surface area (Å²) in [6, 6.07) is 0.531. The number of fused-ring (bicyclic) bond motifs is 1. The summed E-state index contributed by atoms with van der Waals surface area (Å²) >= 11 is 1.69. The molecule has 1 aliphatic heterocycles. The quantitative estimate of drug-likeness (QED) is 0.844. The Balaban J connectivity index is 1.83. The van der Waals surface area contributed by atoms with Crippen LogP contribution in [0, 0.1) is 5.92 Å². The topological polar surface area (TPSA) is 40.5 Å². The van der Waals surface area contributed by atoms with Gasteiger partial charge in [-0.05, 0) is 38.0 Å². The number of nitrogens with zero attached hydrogens (tertiary/aromatic N) is 1. The summed E-state index contributed by atoms with van der Waals surface area (Å²) in [5.41, 5.74) is 0. The lowest BCUT2D eigenvalue weighted by atomic mass is 9.78. The van der Waals surface area contributed by atoms with Crippen LogP contribution < -0.4 is 0 Å². The Kier molecular flexibility index (Phi) is 6.02. The lowest BCUT2D eigenvalue weighted by Gasteiger charge is -2.44. The highest BCUT2D eigenvalue weighted by Crippen LogP contribution is 2.35. The molecule has 1 aliphatic carbocycles. The predicted molar refractivity (Wildman–Crippen MR) is 80.3 cm³/mol. The van der Waals surface area contributed by atoms with Crippen LogP contribution >= 0.6 is 11.8 Å². The molecule has 0 aromatic carbocycles. The molecule has 3 atom stereocenters. The number of likely N-dealkylation sites (tertiary alicyclic amines) is 1. The van der Waals surface area contributed by atoms with Crippen LogP contribution in [-0.2, 0) is 4.79 Å². The van der Waals surface area contributed by atoms with E-state index in [0.717, 1.165) is 18.9 Å². The molecule has 2 fully saturated rings. The van der Waals surface area contributed by atoms with Crippen LogP contribution in [-0.4, -0.2) is 46.1 Å². The van der Waals surface area contributed by atoms with Gasteiger partial charge in [-0.15, -0.1) is 11.8 Å². The molecule has 110 valence electrons. The number of thioether (sulfide) groups is 1. The average molecular weight is 285 g/mol. The van der Waals surface area contributed by atoms with Crippen molar-refractivity contribution in [1.82, 2.24) is 4.90 Å². The zero-order valence-electron chi connectivity index (χ0n) is 12.0. The van der Waals surface area contributed by atoms with Crippen molar-refractivity contribution in [2.45, 2.75) is 63.2 Å². The van der Waals surface area contributed by atoms with Gasteiger partial charge in [-0.25, -0.2) is 0 Å². The number of hydrogen-bond acceptors (Lipinski definition) is 3. The molecule has 3 unspecified atom stereocenters. The molecule has 0 aromatic rings. The van der Waals surface area contributed by atoms with Gasteiger partial charge in [0.25, 0.3) is 0 Å². The summed E-state index contributed by atoms with van der Waals surface area (Å²) in [7, 11) is 0. The van der Waals surface area contributed by atoms with Crippen LogP contribution in [0.25, 0.3) is 0 Å². The SMILES string of the molecule is CC(CCO)SCC(=O)N1CCCC2CCCCC21. The minimum Gasteiger partial charge on any atom is -0.396 e. The van der Waals surface area contributed by atoms with Gasteiger partial charge in [-0.1, -0.05) is 19.8 Å². The monoisotopic (exact) mass is 285 g/mol. The molecule has 0 bridgehead atoms. The van der Waals surface area contributed by atoms with E-state index in [1.807, 2.05) is 0 Å². The van der Waals surface area contributed by atoms with E-state index in [-0.39, 0.29) is 6.61 Å². The van der Waals surface area contributed by atoms with E-state index in [1.54, 1.807) is 11.8 Å². The maximum Gasteiger partial charge on any atom is 0.232 e. The van der Waals surface area contributed by atoms with E-state index in [1.165, 1.54) is 38.5 Å². The van der Waals surface area contributed by atoms with E-state index in [9.17, 15) is 4.79 Å². The molecule has 0 aromatic heterocycles. The fourth-order valence-corrected chi connectivity index (χ4v) is 4.36. The molecule has 2 aliphatic rings. The van der Waals surface area contributed by atoms with Gasteiger partial charge in [0, 0.05) is 24.4 Å². The zero-order chi connectivity index (χ0) is 13.7. The van der Waals surface area contributed by atoms with Crippen LogP contribution in [0.2, 0.25) is 0 Å². The van der Waals surface area contributed by atoms with Gasteiger partial charge in [0.2, 0.25) is 5.91 Å². The Hall–Kier alpha value is -0.220. The standard InChI is InChI=1S/C15H27NO2S/c1-12(8-10-17)19-11-15(18)16-9-4-6-13-5-2-3-7-14(13)16/h12-14,17H,2-11H2,1H3. The summed E-state index contributed by atoms with van der Waals surface area (Å²) in [4.78, 5) is 14.6. The molecule has 1 N–H and O–H groups in total. The van der Waals surface area contributed by atoms with E-state index < -0.39 is 0 Å². The predicted octanol–water partition coefficient (Wildman–Crippen LogP) is 2.67. The number of rotatable bonds is 5. The fraction of sp³-hybridized carbons (Fsp3) is 0.933. The van der Waals surface area contributed by atoms with E-state index in [2.05, 4.69) is 11.8 Å². The van der Waals surface area contributed by atoms with Crippen molar-refractivity contribution >= 4 is 17.7 Å². The molecule has 1 saturated heterocycles. The third kappa shape index (κ3) is 4.12. The first kappa shape index (κ1) is 15.2. The van der Waals surface area contributed by atoms with Gasteiger partial charge in [0.1, 0.15) is 0 Å². The Morgan fingerprint density at radius 2 is 2.05 bits per heavy atom. The maximum absolute atomic E-state index is 12.4. The summed E-state index contributed by atoms with van der Waals surface area (Å²) in [5.74, 6) is 1.68. The van der Waals surface area contributed by atoms with Gasteiger partial charge in [0.15, 0.2) is 0 Å². The first-order valence-electron chi connectivity index (χ1n) is 7.74. The van der Waals surface area contributed by atoms with Crippen molar-refractivity contribution < 1.29 is 9.90 Å². The van der Waals surface area contributed by atoms with Crippen LogP contribution in [0.5, 0.6) is 0 Å². The number of carbonyl (C=O) groups excluding carboxylic acids is 1. The number of carbonyl (C=O) groups is 1. The van der Waals surface area contributed by atoms with E-state index in [4.69, 9.17) is 5.11 Å². The lowest BCUT2D eigenvalue weighted by Crippen LogP contribution is -2.50. The van der Waals surface area contributed by atoms with Crippen molar-refractivity contribution in [3.8, 4) is 0 Å². The van der Waals surface area contributed by atoms with Crippen molar-refractivity contribution in [2.24, 2.45) is 5.92 Å². The van der Waals surface area contributed by atoms with Crippen LogP contribution in [0.4, 0.5) is 0 Å². The van der Waals surface area contributed by atoms with Gasteiger partial charge in [-0.3, -0.25) is 4.79 Å². The Labute approximate surface area is 121 Å². The van der Waals surface area contributed by atoms with Gasteiger partial charge < -0.3 is 10.0 Å². The molecule has 1 heterocycles. The average Bonchev–Trinajstić information content (AvgIpc) is 2.44. The van der Waals surface area contributed by atoms with Crippen molar-refractivity contribution in [3.63, 3.8) is 0 Å². The third-order valence-electron chi connectivity index (χ3n) is 4.59. The number of piperidine rings is 1. The number of amides is 1. The number of aliphatic hydroxyl groups excluding tert-OH is 1. The molecular formula is C15H27NO2S. The molecule has 0 radical (unpaired) electrons. The summed E-state index contributed by atoms with van der Waals surface area (Å²) < 4.78 is 0. The first-order chi connectivity index (χ1) is 9.22. The van der Waals surface area contributed by atoms with Crippen LogP contribution in [0.1, 0.15) is 51.9 Å². The largest absolute Gasteiger partial charge is 0.396 e. The Morgan fingerprint density at radius 3 is 2.84 bits per heavy atom. The van der Waals surface area contributed by atoms with Gasteiger partial charge >= 0.3 is 0 Å². The second-order valence-corrected chi connectivity index (χ2v) is 7.40. The second kappa shape index (κ2) is 7.53. The molecule has 3 nitrogen and oxygen atoms in total. The summed E-state index contributed by atoms with van der Waals surface area (Å²) in [5, 5.41) is 9.27. The Morgan fingerprint density at radius 1 is 1.32 bits per heavy atom. The molecular weight excluding hydrogens is 258 g/mol. The zero-order valence-corrected chi connectivity index (χ0v) is 12.8. The first-order valence-corrected chi connectivity index (χ1v) is 8.79. The molecule has 19 heavy (non-hydrogen) atoms. The highest BCUT2D eigenvalue weighted by atomic mass is 32.2. The smallest absolute Gasteiger partial charge is 0.232 e. The molecule has 1 amide bonds. The minimum atomic E-state index is 0.219. The second-order valence-electron chi connectivity index (χ2n) is 5.98. The molecule has 2 rings (SSSR count). The van der Waals surface area contributed by atoms with Crippen molar-refractivity contribution in [3.05, 3.63) is 0 Å². The summed E-state index contributed by atoms with van der Waals surface area (Å²) in [6.45, 7) is 3.28. The molecule has 0 spiro atoms. The molecule has 4 heteroatoms. The number of aliphatic hydroxyl groups is 1. The minimum absolute atomic E-state index is 0.219. The maximum atomic E-state index is 12.4. The highest BCUT2D eigenvalue weighted by Gasteiger charge is 2.35. The van der Waals surface area contributed by atoms with Crippen LogP contribution in [0.3, 0.4) is 0 Å². The summed E-state index contributed by atoms with van der Waals surface area (Å²) in [6.07, 6.45) is 8.47. The normalized spacial score (nSPS) is 28.8.